The lowest BCUT2D eigenvalue weighted by Gasteiger charge is -2.44. The molecule has 0 aromatic heterocycles. The molecule has 0 saturated heterocycles. The second-order valence-electron chi connectivity index (χ2n) is 5.74. The van der Waals surface area contributed by atoms with E-state index >= 15 is 0 Å². The summed E-state index contributed by atoms with van der Waals surface area (Å²) < 4.78 is 0. The number of carboxylic acids is 1. The van der Waals surface area contributed by atoms with Gasteiger partial charge in [-0.15, -0.1) is 0 Å². The molecule has 0 spiro atoms. The predicted molar refractivity (Wildman–Crippen MR) is 70.8 cm³/mol. The molecule has 2 N–H and O–H groups in total. The van der Waals surface area contributed by atoms with Gasteiger partial charge in [-0.05, 0) is 23.3 Å². The Bertz CT molecular complexity index is 504. The Balaban J connectivity index is 2.47. The molecule has 0 aromatic carbocycles. The van der Waals surface area contributed by atoms with Crippen LogP contribution in [0.1, 0.15) is 19.8 Å². The van der Waals surface area contributed by atoms with E-state index in [9.17, 15) is 19.5 Å². The van der Waals surface area contributed by atoms with Crippen LogP contribution in [0.15, 0.2) is 23.8 Å². The molecular formula is C15H18O5. The molecule has 0 aromatic rings. The molecule has 5 heteroatoms. The zero-order chi connectivity index (χ0) is 15.0. The molecule has 0 heterocycles. The summed E-state index contributed by atoms with van der Waals surface area (Å²) in [5, 5.41) is 19.3. The van der Waals surface area contributed by atoms with Crippen molar-refractivity contribution in [1.82, 2.24) is 0 Å². The third-order valence-corrected chi connectivity index (χ3v) is 4.45. The average Bonchev–Trinajstić information content (AvgIpc) is 2.36. The van der Waals surface area contributed by atoms with Crippen molar-refractivity contribution in [2.45, 2.75) is 25.9 Å². The summed E-state index contributed by atoms with van der Waals surface area (Å²) in [5.41, 5.74) is 0.260. The zero-order valence-electron chi connectivity index (χ0n) is 11.3. The van der Waals surface area contributed by atoms with Gasteiger partial charge in [-0.3, -0.25) is 9.59 Å². The molecular weight excluding hydrogens is 260 g/mol. The maximum atomic E-state index is 12.2. The summed E-state index contributed by atoms with van der Waals surface area (Å²) in [7, 11) is 0. The van der Waals surface area contributed by atoms with Crippen LogP contribution in [0.25, 0.3) is 0 Å². The first-order valence-electron chi connectivity index (χ1n) is 6.65. The fourth-order valence-electron chi connectivity index (χ4n) is 3.59. The van der Waals surface area contributed by atoms with Gasteiger partial charge in [-0.1, -0.05) is 19.6 Å². The van der Waals surface area contributed by atoms with E-state index < -0.39 is 23.9 Å². The number of carboxylic acid groups (broad SMARTS) is 1. The molecule has 2 aliphatic carbocycles. The van der Waals surface area contributed by atoms with E-state index in [4.69, 9.17) is 5.11 Å². The molecule has 5 nitrogen and oxygen atoms in total. The van der Waals surface area contributed by atoms with Crippen molar-refractivity contribution in [2.24, 2.45) is 23.7 Å². The van der Waals surface area contributed by atoms with Crippen LogP contribution in [0.4, 0.5) is 0 Å². The predicted octanol–water partition coefficient (Wildman–Crippen LogP) is 0.975. The molecule has 0 bridgehead atoms. The summed E-state index contributed by atoms with van der Waals surface area (Å²) in [6.45, 7) is 5.48. The van der Waals surface area contributed by atoms with Crippen molar-refractivity contribution in [2.75, 3.05) is 0 Å². The minimum atomic E-state index is -1.09. The minimum Gasteiger partial charge on any atom is -0.478 e. The number of ketones is 1. The normalized spacial score (nSPS) is 36.8. The van der Waals surface area contributed by atoms with E-state index in [1.54, 1.807) is 0 Å². The Morgan fingerprint density at radius 1 is 1.45 bits per heavy atom. The highest BCUT2D eigenvalue weighted by atomic mass is 16.4. The van der Waals surface area contributed by atoms with Gasteiger partial charge in [-0.25, -0.2) is 4.79 Å². The van der Waals surface area contributed by atoms with Gasteiger partial charge in [0, 0.05) is 18.4 Å². The molecule has 1 saturated carbocycles. The number of carbonyl (C=O) groups is 3. The van der Waals surface area contributed by atoms with Gasteiger partial charge in [0.2, 0.25) is 0 Å². The highest BCUT2D eigenvalue weighted by Gasteiger charge is 2.47. The topological polar surface area (TPSA) is 91.7 Å². The number of rotatable bonds is 3. The zero-order valence-corrected chi connectivity index (χ0v) is 11.3. The van der Waals surface area contributed by atoms with E-state index in [0.29, 0.717) is 6.29 Å². The summed E-state index contributed by atoms with van der Waals surface area (Å²) >= 11 is 0. The number of hydrogen-bond acceptors (Lipinski definition) is 4. The smallest absolute Gasteiger partial charge is 0.331 e. The van der Waals surface area contributed by atoms with Gasteiger partial charge in [0.05, 0.1) is 12.0 Å². The number of aliphatic hydroxyl groups is 1. The largest absolute Gasteiger partial charge is 0.478 e. The van der Waals surface area contributed by atoms with E-state index in [-0.39, 0.29) is 41.6 Å². The first-order chi connectivity index (χ1) is 9.36. The maximum Gasteiger partial charge on any atom is 0.331 e. The van der Waals surface area contributed by atoms with Crippen molar-refractivity contribution in [1.29, 1.82) is 0 Å². The van der Waals surface area contributed by atoms with Crippen molar-refractivity contribution in [3.05, 3.63) is 23.8 Å². The molecule has 0 radical (unpaired) electrons. The maximum absolute atomic E-state index is 12.2. The molecule has 0 amide bonds. The number of fused-ring (bicyclic) bond motifs is 1. The quantitative estimate of drug-likeness (QED) is 0.593. The molecule has 5 atom stereocenters. The first-order valence-corrected chi connectivity index (χ1v) is 6.65. The standard InChI is InChI=1S/C15H18O5/c1-7-3-11(17)14(8(2)6-16)10-4-9(15(19)20)5-12(18)13(7)10/h4,6-7,10,12-14,18H,2-3,5H2,1H3,(H,19,20)/t7-,10-,12-,13+,14-/m1/s1. The first kappa shape index (κ1) is 14.7. The number of hydrogen-bond donors (Lipinski definition) is 2. The molecule has 0 aliphatic heterocycles. The number of aliphatic hydroxyl groups excluding tert-OH is 1. The molecule has 0 unspecified atom stereocenters. The van der Waals surface area contributed by atoms with Crippen LogP contribution in [-0.4, -0.2) is 34.4 Å². The summed E-state index contributed by atoms with van der Waals surface area (Å²) in [4.78, 5) is 34.2. The van der Waals surface area contributed by atoms with Crippen LogP contribution in [0.5, 0.6) is 0 Å². The molecule has 108 valence electrons. The lowest BCUT2D eigenvalue weighted by atomic mass is 9.60. The number of Topliss-reactive ketones (excluding diaryl/α,β-unsaturated/α-hetero) is 1. The van der Waals surface area contributed by atoms with E-state index in [0.717, 1.165) is 0 Å². The third kappa shape index (κ3) is 2.33. The second-order valence-corrected chi connectivity index (χ2v) is 5.74. The Hall–Kier alpha value is -1.75. The lowest BCUT2D eigenvalue weighted by molar-refractivity contribution is -0.136. The van der Waals surface area contributed by atoms with E-state index in [1.807, 2.05) is 6.92 Å². The fraction of sp³-hybridized carbons (Fsp3) is 0.533. The Kier molecular flexibility index (Phi) is 3.90. The number of carbonyl (C=O) groups excluding carboxylic acids is 2. The fourth-order valence-corrected chi connectivity index (χ4v) is 3.59. The van der Waals surface area contributed by atoms with Crippen LogP contribution in [-0.2, 0) is 14.4 Å². The Morgan fingerprint density at radius 3 is 2.65 bits per heavy atom. The van der Waals surface area contributed by atoms with Crippen LogP contribution in [0, 0.1) is 23.7 Å². The highest BCUT2D eigenvalue weighted by Crippen LogP contribution is 2.46. The van der Waals surface area contributed by atoms with E-state index in [1.165, 1.54) is 6.08 Å². The van der Waals surface area contributed by atoms with Gasteiger partial charge in [-0.2, -0.15) is 0 Å². The summed E-state index contributed by atoms with van der Waals surface area (Å²) in [5.74, 6) is -2.62. The van der Waals surface area contributed by atoms with Gasteiger partial charge in [0.25, 0.3) is 0 Å². The second kappa shape index (κ2) is 5.32. The van der Waals surface area contributed by atoms with E-state index in [2.05, 4.69) is 6.58 Å². The Labute approximate surface area is 117 Å². The van der Waals surface area contributed by atoms with Crippen molar-refractivity contribution >= 4 is 18.0 Å². The molecule has 2 rings (SSSR count). The van der Waals surface area contributed by atoms with Crippen LogP contribution < -0.4 is 0 Å². The van der Waals surface area contributed by atoms with Crippen molar-refractivity contribution in [3.8, 4) is 0 Å². The number of allylic oxidation sites excluding steroid dienone is 2. The van der Waals surface area contributed by atoms with Gasteiger partial charge in [0.15, 0.2) is 0 Å². The monoisotopic (exact) mass is 278 g/mol. The van der Waals surface area contributed by atoms with Crippen LogP contribution in [0.2, 0.25) is 0 Å². The lowest BCUT2D eigenvalue weighted by Crippen LogP contribution is -2.47. The van der Waals surface area contributed by atoms with Gasteiger partial charge >= 0.3 is 5.97 Å². The molecule has 1 fully saturated rings. The van der Waals surface area contributed by atoms with Crippen molar-refractivity contribution in [3.63, 3.8) is 0 Å². The van der Waals surface area contributed by atoms with Crippen molar-refractivity contribution < 1.29 is 24.6 Å². The number of aliphatic carboxylic acids is 1. The third-order valence-electron chi connectivity index (χ3n) is 4.45. The number of aldehydes is 1. The molecule has 20 heavy (non-hydrogen) atoms. The summed E-state index contributed by atoms with van der Waals surface area (Å²) in [6, 6.07) is 0. The van der Waals surface area contributed by atoms with Crippen LogP contribution in [0.3, 0.4) is 0 Å². The average molecular weight is 278 g/mol. The van der Waals surface area contributed by atoms with Gasteiger partial charge < -0.3 is 10.2 Å². The van der Waals surface area contributed by atoms with Crippen LogP contribution >= 0.6 is 0 Å². The SMILES string of the molecule is C=C(C=O)[C@H]1C(=O)C[C@@H](C)[C@H]2[C@H]1C=C(C(=O)O)C[C@H]2O. The Morgan fingerprint density at radius 2 is 2.10 bits per heavy atom. The van der Waals surface area contributed by atoms with Gasteiger partial charge in [0.1, 0.15) is 12.1 Å². The summed E-state index contributed by atoms with van der Waals surface area (Å²) in [6.07, 6.45) is 1.64. The molecule has 2 aliphatic rings. The minimum absolute atomic E-state index is 0.0372. The highest BCUT2D eigenvalue weighted by molar-refractivity contribution is 5.93.